The standard InChI is InChI=1S/C16H20N2O3/c1-11-10-12(7-9-15(19)20)6-8-14(11)18-16(21)17-13-4-2-3-5-13/h6-10,13H,2-5H2,1H3,(H,19,20)(H2,17,18,21)/b9-7+. The average molecular weight is 288 g/mol. The Labute approximate surface area is 124 Å². The van der Waals surface area contributed by atoms with Gasteiger partial charge >= 0.3 is 12.0 Å². The quantitative estimate of drug-likeness (QED) is 0.745. The van der Waals surface area contributed by atoms with E-state index < -0.39 is 5.97 Å². The number of carboxylic acid groups (broad SMARTS) is 1. The molecule has 3 N–H and O–H groups in total. The van der Waals surface area contributed by atoms with Gasteiger partial charge in [0.2, 0.25) is 0 Å². The molecule has 1 aromatic carbocycles. The molecule has 1 aliphatic carbocycles. The van der Waals surface area contributed by atoms with Crippen molar-refractivity contribution in [3.05, 3.63) is 35.4 Å². The molecule has 1 aromatic rings. The first-order valence-electron chi connectivity index (χ1n) is 7.14. The largest absolute Gasteiger partial charge is 0.478 e. The van der Waals surface area contributed by atoms with Crippen LogP contribution >= 0.6 is 0 Å². The fraction of sp³-hybridized carbons (Fsp3) is 0.375. The van der Waals surface area contributed by atoms with Gasteiger partial charge < -0.3 is 15.7 Å². The third kappa shape index (κ3) is 4.63. The molecule has 1 fully saturated rings. The molecule has 0 aromatic heterocycles. The molecule has 0 bridgehead atoms. The molecule has 0 heterocycles. The molecule has 0 saturated heterocycles. The second-order valence-electron chi connectivity index (χ2n) is 5.33. The Morgan fingerprint density at radius 1 is 1.29 bits per heavy atom. The minimum atomic E-state index is -0.981. The van der Waals surface area contributed by atoms with Gasteiger partial charge in [-0.05, 0) is 49.1 Å². The molecule has 0 unspecified atom stereocenters. The van der Waals surface area contributed by atoms with Crippen LogP contribution < -0.4 is 10.6 Å². The van der Waals surface area contributed by atoms with Crippen molar-refractivity contribution in [2.45, 2.75) is 38.6 Å². The molecular formula is C16H20N2O3. The van der Waals surface area contributed by atoms with Crippen LogP contribution in [0.2, 0.25) is 0 Å². The lowest BCUT2D eigenvalue weighted by molar-refractivity contribution is -0.131. The summed E-state index contributed by atoms with van der Waals surface area (Å²) >= 11 is 0. The van der Waals surface area contributed by atoms with Gasteiger partial charge in [-0.15, -0.1) is 0 Å². The van der Waals surface area contributed by atoms with Gasteiger partial charge in [0.15, 0.2) is 0 Å². The molecule has 0 atom stereocenters. The summed E-state index contributed by atoms with van der Waals surface area (Å²) < 4.78 is 0. The van der Waals surface area contributed by atoms with E-state index in [4.69, 9.17) is 5.11 Å². The monoisotopic (exact) mass is 288 g/mol. The van der Waals surface area contributed by atoms with E-state index in [1.54, 1.807) is 12.1 Å². The van der Waals surface area contributed by atoms with Crippen molar-refractivity contribution in [2.24, 2.45) is 0 Å². The fourth-order valence-electron chi connectivity index (χ4n) is 2.51. The first kappa shape index (κ1) is 15.1. The molecule has 5 heteroatoms. The first-order chi connectivity index (χ1) is 10.0. The number of aliphatic carboxylic acids is 1. The summed E-state index contributed by atoms with van der Waals surface area (Å²) in [6.07, 6.45) is 7.06. The SMILES string of the molecule is Cc1cc(/C=C/C(=O)O)ccc1NC(=O)NC1CCCC1. The van der Waals surface area contributed by atoms with Crippen LogP contribution in [-0.2, 0) is 4.79 Å². The number of nitrogens with one attached hydrogen (secondary N) is 2. The Bertz CT molecular complexity index is 561. The topological polar surface area (TPSA) is 78.4 Å². The van der Waals surface area contributed by atoms with Crippen LogP contribution in [0.25, 0.3) is 6.08 Å². The Kier molecular flexibility index (Phi) is 4.98. The van der Waals surface area contributed by atoms with E-state index in [0.717, 1.165) is 35.7 Å². The lowest BCUT2D eigenvalue weighted by Crippen LogP contribution is -2.36. The zero-order chi connectivity index (χ0) is 15.2. The minimum Gasteiger partial charge on any atom is -0.478 e. The lowest BCUT2D eigenvalue weighted by Gasteiger charge is -2.14. The van der Waals surface area contributed by atoms with Crippen LogP contribution in [-0.4, -0.2) is 23.1 Å². The van der Waals surface area contributed by atoms with E-state index in [1.165, 1.54) is 18.9 Å². The fourth-order valence-corrected chi connectivity index (χ4v) is 2.51. The van der Waals surface area contributed by atoms with Crippen LogP contribution in [0, 0.1) is 6.92 Å². The molecule has 0 radical (unpaired) electrons. The van der Waals surface area contributed by atoms with Crippen molar-refractivity contribution in [2.75, 3.05) is 5.32 Å². The van der Waals surface area contributed by atoms with Crippen molar-refractivity contribution in [1.82, 2.24) is 5.32 Å². The lowest BCUT2D eigenvalue weighted by atomic mass is 10.1. The number of urea groups is 1. The third-order valence-electron chi connectivity index (χ3n) is 3.61. The number of carbonyl (C=O) groups is 2. The van der Waals surface area contributed by atoms with Crippen LogP contribution in [0.3, 0.4) is 0 Å². The smallest absolute Gasteiger partial charge is 0.328 e. The van der Waals surface area contributed by atoms with Crippen molar-refractivity contribution in [3.63, 3.8) is 0 Å². The molecule has 5 nitrogen and oxygen atoms in total. The maximum absolute atomic E-state index is 11.9. The highest BCUT2D eigenvalue weighted by Crippen LogP contribution is 2.19. The van der Waals surface area contributed by atoms with Gasteiger partial charge in [-0.2, -0.15) is 0 Å². The molecule has 1 saturated carbocycles. The maximum Gasteiger partial charge on any atom is 0.328 e. The Hall–Kier alpha value is -2.30. The van der Waals surface area contributed by atoms with Gasteiger partial charge in [0.05, 0.1) is 0 Å². The van der Waals surface area contributed by atoms with E-state index >= 15 is 0 Å². The highest BCUT2D eigenvalue weighted by atomic mass is 16.4. The number of benzene rings is 1. The molecule has 1 aliphatic rings. The van der Waals surface area contributed by atoms with E-state index in [-0.39, 0.29) is 12.1 Å². The Morgan fingerprint density at radius 2 is 2.00 bits per heavy atom. The Morgan fingerprint density at radius 3 is 2.62 bits per heavy atom. The van der Waals surface area contributed by atoms with Crippen LogP contribution in [0.15, 0.2) is 24.3 Å². The number of hydrogen-bond donors (Lipinski definition) is 3. The third-order valence-corrected chi connectivity index (χ3v) is 3.61. The molecule has 21 heavy (non-hydrogen) atoms. The second kappa shape index (κ2) is 6.92. The highest BCUT2D eigenvalue weighted by molar-refractivity contribution is 5.90. The van der Waals surface area contributed by atoms with Gasteiger partial charge in [0, 0.05) is 17.8 Å². The number of carboxylic acids is 1. The minimum absolute atomic E-state index is 0.182. The first-order valence-corrected chi connectivity index (χ1v) is 7.14. The van der Waals surface area contributed by atoms with Crippen LogP contribution in [0.1, 0.15) is 36.8 Å². The van der Waals surface area contributed by atoms with Crippen LogP contribution in [0.5, 0.6) is 0 Å². The summed E-state index contributed by atoms with van der Waals surface area (Å²) in [6, 6.07) is 5.50. The molecule has 0 spiro atoms. The number of hydrogen-bond acceptors (Lipinski definition) is 2. The number of anilines is 1. The second-order valence-corrected chi connectivity index (χ2v) is 5.33. The van der Waals surface area contributed by atoms with Gasteiger partial charge in [-0.25, -0.2) is 9.59 Å². The van der Waals surface area contributed by atoms with E-state index in [2.05, 4.69) is 10.6 Å². The molecular weight excluding hydrogens is 268 g/mol. The van der Waals surface area contributed by atoms with E-state index in [9.17, 15) is 9.59 Å². The molecule has 2 rings (SSSR count). The predicted octanol–water partition coefficient (Wildman–Crippen LogP) is 3.16. The molecule has 2 amide bonds. The van der Waals surface area contributed by atoms with Gasteiger partial charge in [0.25, 0.3) is 0 Å². The van der Waals surface area contributed by atoms with Gasteiger partial charge in [-0.3, -0.25) is 0 Å². The summed E-state index contributed by atoms with van der Waals surface area (Å²) in [5.74, 6) is -0.981. The summed E-state index contributed by atoms with van der Waals surface area (Å²) in [5, 5.41) is 14.4. The summed E-state index contributed by atoms with van der Waals surface area (Å²) in [6.45, 7) is 1.88. The van der Waals surface area contributed by atoms with Crippen molar-refractivity contribution in [1.29, 1.82) is 0 Å². The summed E-state index contributed by atoms with van der Waals surface area (Å²) in [7, 11) is 0. The summed E-state index contributed by atoms with van der Waals surface area (Å²) in [4.78, 5) is 22.4. The zero-order valence-electron chi connectivity index (χ0n) is 12.1. The number of rotatable bonds is 4. The average Bonchev–Trinajstić information content (AvgIpc) is 2.92. The van der Waals surface area contributed by atoms with Crippen molar-refractivity contribution in [3.8, 4) is 0 Å². The number of amides is 2. The summed E-state index contributed by atoms with van der Waals surface area (Å²) in [5.41, 5.74) is 2.42. The molecule has 0 aliphatic heterocycles. The maximum atomic E-state index is 11.9. The molecule has 112 valence electrons. The van der Waals surface area contributed by atoms with Crippen molar-refractivity contribution < 1.29 is 14.7 Å². The van der Waals surface area contributed by atoms with Gasteiger partial charge in [-0.1, -0.05) is 18.9 Å². The normalized spacial score (nSPS) is 15.3. The van der Waals surface area contributed by atoms with E-state index in [0.29, 0.717) is 0 Å². The number of carbonyl (C=O) groups excluding carboxylic acids is 1. The number of aryl methyl sites for hydroxylation is 1. The zero-order valence-corrected chi connectivity index (χ0v) is 12.1. The predicted molar refractivity (Wildman–Crippen MR) is 82.3 cm³/mol. The highest BCUT2D eigenvalue weighted by Gasteiger charge is 2.17. The van der Waals surface area contributed by atoms with E-state index in [1.807, 2.05) is 13.0 Å². The van der Waals surface area contributed by atoms with Gasteiger partial charge in [0.1, 0.15) is 0 Å². The van der Waals surface area contributed by atoms with Crippen LogP contribution in [0.4, 0.5) is 10.5 Å². The Balaban J connectivity index is 1.96. The van der Waals surface area contributed by atoms with Crippen molar-refractivity contribution >= 4 is 23.8 Å².